The summed E-state index contributed by atoms with van der Waals surface area (Å²) in [6.45, 7) is 4.14. The first-order chi connectivity index (χ1) is 22.6. The van der Waals surface area contributed by atoms with E-state index in [4.69, 9.17) is 0 Å². The van der Waals surface area contributed by atoms with Crippen LogP contribution in [0.5, 0.6) is 0 Å². The van der Waals surface area contributed by atoms with Crippen LogP contribution in [-0.2, 0) is 0 Å². The molecule has 0 aliphatic carbocycles. The van der Waals surface area contributed by atoms with Crippen LogP contribution in [0.3, 0.4) is 0 Å². The van der Waals surface area contributed by atoms with E-state index in [1.165, 1.54) is 54.9 Å². The van der Waals surface area contributed by atoms with Gasteiger partial charge in [-0.3, -0.25) is 9.97 Å². The molecule has 0 spiro atoms. The third-order valence-electron chi connectivity index (χ3n) is 8.89. The average molecular weight is 589 g/mol. The molecule has 0 atom stereocenters. The second-order valence-corrected chi connectivity index (χ2v) is 12.0. The van der Waals surface area contributed by atoms with Crippen molar-refractivity contribution in [3.05, 3.63) is 169 Å². The van der Waals surface area contributed by atoms with Gasteiger partial charge in [0.05, 0.1) is 11.4 Å². The van der Waals surface area contributed by atoms with Gasteiger partial charge in [-0.15, -0.1) is 0 Å². The zero-order chi connectivity index (χ0) is 31.0. The lowest BCUT2D eigenvalue weighted by Crippen LogP contribution is -1.92. The van der Waals surface area contributed by atoms with Crippen LogP contribution in [0.2, 0.25) is 0 Å². The third kappa shape index (κ3) is 5.04. The molecule has 2 nitrogen and oxygen atoms in total. The molecule has 0 radical (unpaired) electrons. The molecule has 0 fully saturated rings. The normalized spacial score (nSPS) is 11.3. The van der Waals surface area contributed by atoms with Gasteiger partial charge < -0.3 is 0 Å². The number of aryl methyl sites for hydroxylation is 2. The molecule has 0 saturated carbocycles. The molecule has 0 N–H and O–H groups in total. The summed E-state index contributed by atoms with van der Waals surface area (Å²) in [6, 6.07) is 52.6. The van der Waals surface area contributed by atoms with E-state index in [-0.39, 0.29) is 0 Å². The van der Waals surface area contributed by atoms with Crippen LogP contribution in [0.15, 0.2) is 158 Å². The van der Waals surface area contributed by atoms with Gasteiger partial charge in [0.25, 0.3) is 0 Å². The van der Waals surface area contributed by atoms with E-state index in [9.17, 15) is 0 Å². The third-order valence-corrected chi connectivity index (χ3v) is 8.89. The van der Waals surface area contributed by atoms with Gasteiger partial charge in [-0.2, -0.15) is 0 Å². The van der Waals surface area contributed by atoms with Crippen molar-refractivity contribution >= 4 is 21.5 Å². The zero-order valence-corrected chi connectivity index (χ0v) is 25.9. The number of rotatable bonds is 5. The van der Waals surface area contributed by atoms with Crippen LogP contribution in [0, 0.1) is 13.8 Å². The lowest BCUT2D eigenvalue weighted by atomic mass is 9.84. The minimum Gasteiger partial charge on any atom is -0.256 e. The van der Waals surface area contributed by atoms with Crippen molar-refractivity contribution in [1.82, 2.24) is 9.97 Å². The van der Waals surface area contributed by atoms with Crippen molar-refractivity contribution in [2.75, 3.05) is 0 Å². The average Bonchev–Trinajstić information content (AvgIpc) is 3.12. The van der Waals surface area contributed by atoms with E-state index in [0.29, 0.717) is 0 Å². The van der Waals surface area contributed by atoms with Crippen molar-refractivity contribution in [2.45, 2.75) is 13.8 Å². The highest BCUT2D eigenvalue weighted by molar-refractivity contribution is 6.22. The lowest BCUT2D eigenvalue weighted by Gasteiger charge is -2.19. The molecule has 6 aromatic carbocycles. The summed E-state index contributed by atoms with van der Waals surface area (Å²) in [5.74, 6) is 0. The first-order valence-electron chi connectivity index (χ1n) is 15.7. The Hall–Kier alpha value is -5.86. The number of hydrogen-bond donors (Lipinski definition) is 0. The van der Waals surface area contributed by atoms with E-state index in [2.05, 4.69) is 169 Å². The van der Waals surface area contributed by atoms with Gasteiger partial charge >= 0.3 is 0 Å². The van der Waals surface area contributed by atoms with E-state index in [0.717, 1.165) is 33.6 Å². The Kier molecular flexibility index (Phi) is 6.96. The molecule has 0 saturated heterocycles. The molecular weight excluding hydrogens is 556 g/mol. The van der Waals surface area contributed by atoms with Crippen molar-refractivity contribution in [2.24, 2.45) is 0 Å². The largest absolute Gasteiger partial charge is 0.256 e. The molecule has 2 aromatic heterocycles. The number of fused-ring (bicyclic) bond motifs is 2. The molecule has 0 aliphatic heterocycles. The van der Waals surface area contributed by atoms with E-state index < -0.39 is 0 Å². The second kappa shape index (κ2) is 11.6. The Morgan fingerprint density at radius 2 is 0.761 bits per heavy atom. The maximum atomic E-state index is 4.67. The van der Waals surface area contributed by atoms with Gasteiger partial charge in [-0.1, -0.05) is 127 Å². The molecule has 46 heavy (non-hydrogen) atoms. The van der Waals surface area contributed by atoms with Crippen LogP contribution in [0.1, 0.15) is 11.1 Å². The van der Waals surface area contributed by atoms with E-state index in [1.807, 2.05) is 12.4 Å². The Labute approximate surface area is 269 Å². The number of benzene rings is 6. The second-order valence-electron chi connectivity index (χ2n) is 12.0. The van der Waals surface area contributed by atoms with Crippen molar-refractivity contribution in [3.63, 3.8) is 0 Å². The topological polar surface area (TPSA) is 25.8 Å². The van der Waals surface area contributed by atoms with Gasteiger partial charge in [0.1, 0.15) is 0 Å². The summed E-state index contributed by atoms with van der Waals surface area (Å²) in [6.07, 6.45) is 3.86. The smallest absolute Gasteiger partial charge is 0.0702 e. The fraction of sp³-hybridized carbons (Fsp3) is 0.0455. The van der Waals surface area contributed by atoms with Crippen LogP contribution in [0.4, 0.5) is 0 Å². The Morgan fingerprint density at radius 1 is 0.326 bits per heavy atom. The maximum Gasteiger partial charge on any atom is 0.0702 e. The molecule has 0 unspecified atom stereocenters. The highest BCUT2D eigenvalue weighted by Crippen LogP contribution is 2.45. The quantitative estimate of drug-likeness (QED) is 0.187. The van der Waals surface area contributed by atoms with Gasteiger partial charge in [-0.05, 0) is 98.1 Å². The van der Waals surface area contributed by atoms with Crippen LogP contribution >= 0.6 is 0 Å². The van der Waals surface area contributed by atoms with Crippen LogP contribution < -0.4 is 0 Å². The summed E-state index contributed by atoms with van der Waals surface area (Å²) in [5, 5.41) is 4.95. The molecule has 2 heterocycles. The standard InChI is InChI=1S/C44H32N2/c1-29-12-24-41(45-27-29)32-14-18-34(19-15-32)43-37-10-6-7-11-38(37)44(35-20-16-33(17-21-35)42-25-13-30(2)28-46-42)40-26-36(22-23-39(40)43)31-8-4-3-5-9-31/h3-28H,1-2H3. The number of aromatic nitrogens is 2. The Morgan fingerprint density at radius 3 is 1.26 bits per heavy atom. The van der Waals surface area contributed by atoms with Crippen molar-refractivity contribution < 1.29 is 0 Å². The predicted octanol–water partition coefficient (Wildman–Crippen LogP) is 11.7. The summed E-state index contributed by atoms with van der Waals surface area (Å²) in [4.78, 5) is 9.33. The number of hydrogen-bond acceptors (Lipinski definition) is 2. The highest BCUT2D eigenvalue weighted by atomic mass is 14.7. The molecule has 8 rings (SSSR count). The monoisotopic (exact) mass is 588 g/mol. The molecule has 0 aliphatic rings. The first kappa shape index (κ1) is 27.7. The molecule has 0 bridgehead atoms. The minimum absolute atomic E-state index is 0.984. The van der Waals surface area contributed by atoms with Gasteiger partial charge in [0.2, 0.25) is 0 Å². The zero-order valence-electron chi connectivity index (χ0n) is 25.9. The fourth-order valence-corrected chi connectivity index (χ4v) is 6.50. The molecule has 218 valence electrons. The fourth-order valence-electron chi connectivity index (χ4n) is 6.50. The SMILES string of the molecule is Cc1ccc(-c2ccc(-c3c4ccccc4c(-c4ccc(-c5ccc(C)cn5)cc4)c4cc(-c5ccccc5)ccc34)cc2)nc1. The Balaban J connectivity index is 1.35. The first-order valence-corrected chi connectivity index (χ1v) is 15.7. The van der Waals surface area contributed by atoms with E-state index in [1.54, 1.807) is 0 Å². The van der Waals surface area contributed by atoms with Gasteiger partial charge in [0.15, 0.2) is 0 Å². The van der Waals surface area contributed by atoms with Crippen LogP contribution in [-0.4, -0.2) is 9.97 Å². The number of nitrogens with zero attached hydrogens (tertiary/aromatic N) is 2. The molecule has 2 heteroatoms. The summed E-state index contributed by atoms with van der Waals surface area (Å²) < 4.78 is 0. The number of pyridine rings is 2. The maximum absolute atomic E-state index is 4.67. The molecule has 0 amide bonds. The summed E-state index contributed by atoms with van der Waals surface area (Å²) >= 11 is 0. The highest BCUT2D eigenvalue weighted by Gasteiger charge is 2.18. The van der Waals surface area contributed by atoms with Gasteiger partial charge in [0, 0.05) is 23.5 Å². The lowest BCUT2D eigenvalue weighted by molar-refractivity contribution is 1.27. The summed E-state index contributed by atoms with van der Waals surface area (Å²) in [7, 11) is 0. The molecular formula is C44H32N2. The molecule has 8 aromatic rings. The van der Waals surface area contributed by atoms with Crippen molar-refractivity contribution in [1.29, 1.82) is 0 Å². The van der Waals surface area contributed by atoms with E-state index >= 15 is 0 Å². The van der Waals surface area contributed by atoms with Gasteiger partial charge in [-0.25, -0.2) is 0 Å². The summed E-state index contributed by atoms with van der Waals surface area (Å²) in [5.41, 5.74) is 13.8. The predicted molar refractivity (Wildman–Crippen MR) is 194 cm³/mol. The minimum atomic E-state index is 0.984. The van der Waals surface area contributed by atoms with Crippen LogP contribution in [0.25, 0.3) is 77.4 Å². The Bertz CT molecular complexity index is 2320. The van der Waals surface area contributed by atoms with Crippen molar-refractivity contribution in [3.8, 4) is 55.9 Å².